The van der Waals surface area contributed by atoms with Gasteiger partial charge >= 0.3 is 0 Å². The number of amides is 1. The SMILES string of the molecule is COc1cc(CN2CCC[C@@H]2c2cc(C)no2)ccc1OCC(N)=O. The number of aromatic nitrogens is 1. The second-order valence-electron chi connectivity index (χ2n) is 6.24. The highest BCUT2D eigenvalue weighted by atomic mass is 16.5. The van der Waals surface area contributed by atoms with Gasteiger partial charge in [-0.3, -0.25) is 9.69 Å². The lowest BCUT2D eigenvalue weighted by atomic mass is 10.1. The summed E-state index contributed by atoms with van der Waals surface area (Å²) in [6.07, 6.45) is 2.19. The van der Waals surface area contributed by atoms with Crippen LogP contribution in [0.5, 0.6) is 11.5 Å². The summed E-state index contributed by atoms with van der Waals surface area (Å²) >= 11 is 0. The van der Waals surface area contributed by atoms with Gasteiger partial charge < -0.3 is 19.7 Å². The summed E-state index contributed by atoms with van der Waals surface area (Å²) in [5.74, 6) is 1.50. The number of likely N-dealkylation sites (tertiary alicyclic amines) is 1. The van der Waals surface area contributed by atoms with E-state index in [1.54, 1.807) is 13.2 Å². The molecule has 1 aliphatic rings. The average molecular weight is 345 g/mol. The van der Waals surface area contributed by atoms with Crippen LogP contribution in [-0.4, -0.2) is 36.2 Å². The van der Waals surface area contributed by atoms with Gasteiger partial charge in [0.2, 0.25) is 0 Å². The second-order valence-corrected chi connectivity index (χ2v) is 6.24. The molecule has 134 valence electrons. The van der Waals surface area contributed by atoms with Crippen LogP contribution >= 0.6 is 0 Å². The minimum atomic E-state index is -0.520. The summed E-state index contributed by atoms with van der Waals surface area (Å²) in [6.45, 7) is 3.54. The Kier molecular flexibility index (Phi) is 5.23. The maximum atomic E-state index is 10.9. The van der Waals surface area contributed by atoms with Crippen molar-refractivity contribution in [3.63, 3.8) is 0 Å². The Balaban J connectivity index is 1.72. The van der Waals surface area contributed by atoms with E-state index in [4.69, 9.17) is 19.7 Å². The van der Waals surface area contributed by atoms with Crippen LogP contribution in [0.25, 0.3) is 0 Å². The number of benzene rings is 1. The van der Waals surface area contributed by atoms with E-state index in [-0.39, 0.29) is 12.6 Å². The van der Waals surface area contributed by atoms with Gasteiger partial charge in [0.25, 0.3) is 5.91 Å². The standard InChI is InChI=1S/C18H23N3O4/c1-12-8-16(25-20-12)14-4-3-7-21(14)10-13-5-6-15(17(9-13)23-2)24-11-18(19)22/h5-6,8-9,14H,3-4,7,10-11H2,1-2H3,(H2,19,22)/t14-/m1/s1. The van der Waals surface area contributed by atoms with E-state index < -0.39 is 5.91 Å². The van der Waals surface area contributed by atoms with Gasteiger partial charge in [0, 0.05) is 12.6 Å². The molecule has 1 fully saturated rings. The fraction of sp³-hybridized carbons (Fsp3) is 0.444. The molecule has 7 nitrogen and oxygen atoms in total. The maximum Gasteiger partial charge on any atom is 0.255 e. The molecule has 1 amide bonds. The molecule has 0 radical (unpaired) electrons. The van der Waals surface area contributed by atoms with Crippen molar-refractivity contribution < 1.29 is 18.8 Å². The molecule has 2 N–H and O–H groups in total. The van der Waals surface area contributed by atoms with E-state index in [2.05, 4.69) is 10.1 Å². The molecule has 2 aromatic rings. The summed E-state index contributed by atoms with van der Waals surface area (Å²) in [5.41, 5.74) is 7.12. The number of carbonyl (C=O) groups is 1. The molecule has 3 rings (SSSR count). The predicted molar refractivity (Wildman–Crippen MR) is 91.3 cm³/mol. The first-order valence-electron chi connectivity index (χ1n) is 8.32. The minimum absolute atomic E-state index is 0.172. The van der Waals surface area contributed by atoms with Crippen molar-refractivity contribution >= 4 is 5.91 Å². The molecule has 1 aromatic carbocycles. The van der Waals surface area contributed by atoms with Crippen molar-refractivity contribution in [1.29, 1.82) is 0 Å². The molecule has 7 heteroatoms. The number of methoxy groups -OCH3 is 1. The Bertz CT molecular complexity index is 744. The molecule has 1 aromatic heterocycles. The summed E-state index contributed by atoms with van der Waals surface area (Å²) in [4.78, 5) is 13.3. The molecule has 1 saturated heterocycles. The molecular weight excluding hydrogens is 322 g/mol. The van der Waals surface area contributed by atoms with E-state index in [0.717, 1.165) is 42.9 Å². The van der Waals surface area contributed by atoms with Gasteiger partial charge in [-0.15, -0.1) is 0 Å². The molecule has 0 unspecified atom stereocenters. The minimum Gasteiger partial charge on any atom is -0.493 e. The zero-order valence-corrected chi connectivity index (χ0v) is 14.5. The van der Waals surface area contributed by atoms with Crippen LogP contribution in [0, 0.1) is 6.92 Å². The van der Waals surface area contributed by atoms with E-state index >= 15 is 0 Å². The number of aryl methyl sites for hydroxylation is 1. The van der Waals surface area contributed by atoms with Gasteiger partial charge in [0.15, 0.2) is 23.9 Å². The average Bonchev–Trinajstić information content (AvgIpc) is 3.22. The van der Waals surface area contributed by atoms with E-state index in [1.807, 2.05) is 25.1 Å². The van der Waals surface area contributed by atoms with Crippen LogP contribution in [0.2, 0.25) is 0 Å². The van der Waals surface area contributed by atoms with Gasteiger partial charge in [-0.1, -0.05) is 11.2 Å². The van der Waals surface area contributed by atoms with Gasteiger partial charge in [-0.25, -0.2) is 0 Å². The van der Waals surface area contributed by atoms with Crippen LogP contribution in [0.3, 0.4) is 0 Å². The molecule has 1 atom stereocenters. The zero-order valence-electron chi connectivity index (χ0n) is 14.5. The van der Waals surface area contributed by atoms with Crippen molar-refractivity contribution in [3.05, 3.63) is 41.3 Å². The maximum absolute atomic E-state index is 10.9. The number of nitrogens with two attached hydrogens (primary N) is 1. The zero-order chi connectivity index (χ0) is 17.8. The topological polar surface area (TPSA) is 90.8 Å². The Morgan fingerprint density at radius 1 is 1.40 bits per heavy atom. The molecule has 2 heterocycles. The third kappa shape index (κ3) is 4.11. The molecule has 0 saturated carbocycles. The Morgan fingerprint density at radius 3 is 2.92 bits per heavy atom. The number of ether oxygens (including phenoxy) is 2. The monoisotopic (exact) mass is 345 g/mol. The first-order chi connectivity index (χ1) is 12.1. The molecule has 0 aliphatic carbocycles. The van der Waals surface area contributed by atoms with Gasteiger partial charge in [-0.05, 0) is 44.0 Å². The highest BCUT2D eigenvalue weighted by Gasteiger charge is 2.29. The molecular formula is C18H23N3O4. The Morgan fingerprint density at radius 2 is 2.24 bits per heavy atom. The second kappa shape index (κ2) is 7.57. The largest absolute Gasteiger partial charge is 0.493 e. The molecule has 1 aliphatic heterocycles. The lowest BCUT2D eigenvalue weighted by molar-refractivity contribution is -0.119. The summed E-state index contributed by atoms with van der Waals surface area (Å²) < 4.78 is 16.2. The number of rotatable bonds is 7. The fourth-order valence-electron chi connectivity index (χ4n) is 3.19. The number of nitrogens with zero attached hydrogens (tertiary/aromatic N) is 2. The summed E-state index contributed by atoms with van der Waals surface area (Å²) in [6, 6.07) is 7.96. The van der Waals surface area contributed by atoms with Crippen molar-refractivity contribution in [2.45, 2.75) is 32.4 Å². The summed E-state index contributed by atoms with van der Waals surface area (Å²) in [7, 11) is 1.58. The molecule has 0 spiro atoms. The van der Waals surface area contributed by atoms with E-state index in [9.17, 15) is 4.79 Å². The highest BCUT2D eigenvalue weighted by Crippen LogP contribution is 2.35. The molecule has 25 heavy (non-hydrogen) atoms. The van der Waals surface area contributed by atoms with Crippen LogP contribution < -0.4 is 15.2 Å². The predicted octanol–water partition coefficient (Wildman–Crippen LogP) is 2.19. The Hall–Kier alpha value is -2.54. The van der Waals surface area contributed by atoms with Crippen LogP contribution in [-0.2, 0) is 11.3 Å². The molecule has 0 bridgehead atoms. The van der Waals surface area contributed by atoms with Crippen molar-refractivity contribution in [1.82, 2.24) is 10.1 Å². The van der Waals surface area contributed by atoms with E-state index in [0.29, 0.717) is 11.5 Å². The number of primary amides is 1. The van der Waals surface area contributed by atoms with Crippen LogP contribution in [0.1, 0.15) is 35.9 Å². The van der Waals surface area contributed by atoms with E-state index in [1.165, 1.54) is 0 Å². The lowest BCUT2D eigenvalue weighted by Gasteiger charge is -2.22. The fourth-order valence-corrected chi connectivity index (χ4v) is 3.19. The Labute approximate surface area is 146 Å². The van der Waals surface area contributed by atoms with Crippen molar-refractivity contribution in [3.8, 4) is 11.5 Å². The third-order valence-corrected chi connectivity index (χ3v) is 4.32. The first kappa shape index (κ1) is 17.3. The van der Waals surface area contributed by atoms with Gasteiger partial charge in [0.05, 0.1) is 18.8 Å². The number of carbonyl (C=O) groups excluding carboxylic acids is 1. The normalized spacial score (nSPS) is 17.6. The summed E-state index contributed by atoms with van der Waals surface area (Å²) in [5, 5.41) is 4.00. The number of hydrogen-bond donors (Lipinski definition) is 1. The van der Waals surface area contributed by atoms with Crippen LogP contribution in [0.15, 0.2) is 28.8 Å². The lowest BCUT2D eigenvalue weighted by Crippen LogP contribution is -2.22. The van der Waals surface area contributed by atoms with Gasteiger partial charge in [-0.2, -0.15) is 0 Å². The highest BCUT2D eigenvalue weighted by molar-refractivity contribution is 5.75. The number of hydrogen-bond acceptors (Lipinski definition) is 6. The van der Waals surface area contributed by atoms with Crippen LogP contribution in [0.4, 0.5) is 0 Å². The smallest absolute Gasteiger partial charge is 0.255 e. The van der Waals surface area contributed by atoms with Gasteiger partial charge in [0.1, 0.15) is 0 Å². The first-order valence-corrected chi connectivity index (χ1v) is 8.32. The van der Waals surface area contributed by atoms with Crippen molar-refractivity contribution in [2.75, 3.05) is 20.3 Å². The quantitative estimate of drug-likeness (QED) is 0.827. The van der Waals surface area contributed by atoms with Crippen molar-refractivity contribution in [2.24, 2.45) is 5.73 Å². The third-order valence-electron chi connectivity index (χ3n) is 4.32.